The van der Waals surface area contributed by atoms with Gasteiger partial charge in [-0.15, -0.1) is 0 Å². The largest absolute Gasteiger partial charge is 0.272 e. The highest BCUT2D eigenvalue weighted by molar-refractivity contribution is 6.30. The van der Waals surface area contributed by atoms with Crippen molar-refractivity contribution in [2.24, 2.45) is 0 Å². The van der Waals surface area contributed by atoms with Gasteiger partial charge in [-0.05, 0) is 36.4 Å². The van der Waals surface area contributed by atoms with Gasteiger partial charge in [0.1, 0.15) is 11.6 Å². The molecule has 4 nitrogen and oxygen atoms in total. The Morgan fingerprint density at radius 3 is 2.30 bits per heavy atom. The molecule has 0 fully saturated rings. The second kappa shape index (κ2) is 6.14. The Bertz CT molecular complexity index is 1310. The summed E-state index contributed by atoms with van der Waals surface area (Å²) in [5.74, 6) is 0.169. The average molecular weight is 375 g/mol. The van der Waals surface area contributed by atoms with Gasteiger partial charge in [0.2, 0.25) is 0 Å². The van der Waals surface area contributed by atoms with Crippen LogP contribution >= 0.6 is 11.6 Å². The lowest BCUT2D eigenvalue weighted by molar-refractivity contribution is 0.619. The Labute approximate surface area is 158 Å². The van der Waals surface area contributed by atoms with Crippen molar-refractivity contribution in [3.05, 3.63) is 83.6 Å². The molecule has 0 N–H and O–H groups in total. The number of aromatic nitrogens is 4. The number of benzene rings is 3. The molecule has 0 aliphatic heterocycles. The third kappa shape index (κ3) is 2.64. The predicted octanol–water partition coefficient (Wildman–Crippen LogP) is 5.43. The molecule has 0 unspecified atom stereocenters. The summed E-state index contributed by atoms with van der Waals surface area (Å²) >= 11 is 6.17. The minimum Gasteiger partial charge on any atom is -0.272 e. The standard InChI is InChI=1S/C21H12ClFN4/c22-14-7-5-6-13(12-14)20-26-19-21(25-17-10-3-2-9-16(17)24-19)27(20)18-11-4-1-8-15(18)23/h1-12H. The van der Waals surface area contributed by atoms with Crippen LogP contribution in [-0.4, -0.2) is 19.5 Å². The number of rotatable bonds is 2. The van der Waals surface area contributed by atoms with Crippen molar-refractivity contribution < 1.29 is 4.39 Å². The SMILES string of the molecule is Fc1ccccc1-n1c(-c2cccc(Cl)c2)nc2nc3ccccc3nc21. The lowest BCUT2D eigenvalue weighted by Gasteiger charge is -2.10. The third-order valence-corrected chi connectivity index (χ3v) is 4.58. The van der Waals surface area contributed by atoms with E-state index in [9.17, 15) is 4.39 Å². The van der Waals surface area contributed by atoms with Crippen LogP contribution in [0.1, 0.15) is 0 Å². The van der Waals surface area contributed by atoms with Crippen molar-refractivity contribution in [2.75, 3.05) is 0 Å². The highest BCUT2D eigenvalue weighted by Crippen LogP contribution is 2.30. The quantitative estimate of drug-likeness (QED) is 0.414. The van der Waals surface area contributed by atoms with Crippen LogP contribution in [0.4, 0.5) is 4.39 Å². The van der Waals surface area contributed by atoms with Crippen molar-refractivity contribution in [3.8, 4) is 17.1 Å². The van der Waals surface area contributed by atoms with Crippen LogP contribution in [-0.2, 0) is 0 Å². The first kappa shape index (κ1) is 15.9. The zero-order valence-corrected chi connectivity index (χ0v) is 14.7. The van der Waals surface area contributed by atoms with Gasteiger partial charge < -0.3 is 0 Å². The Balaban J connectivity index is 1.92. The maximum absolute atomic E-state index is 14.6. The second-order valence-corrected chi connectivity index (χ2v) is 6.53. The van der Waals surface area contributed by atoms with Gasteiger partial charge in [-0.2, -0.15) is 0 Å². The fourth-order valence-electron chi connectivity index (χ4n) is 3.14. The molecule has 0 saturated carbocycles. The molecule has 3 aromatic carbocycles. The van der Waals surface area contributed by atoms with Gasteiger partial charge >= 0.3 is 0 Å². The number of hydrogen-bond donors (Lipinski definition) is 0. The number of hydrogen-bond acceptors (Lipinski definition) is 3. The predicted molar refractivity (Wildman–Crippen MR) is 105 cm³/mol. The molecule has 0 amide bonds. The minimum absolute atomic E-state index is 0.361. The molecule has 0 radical (unpaired) electrons. The summed E-state index contributed by atoms with van der Waals surface area (Å²) < 4.78 is 16.3. The Morgan fingerprint density at radius 2 is 1.52 bits per heavy atom. The van der Waals surface area contributed by atoms with E-state index >= 15 is 0 Å². The molecule has 2 aromatic heterocycles. The smallest absolute Gasteiger partial charge is 0.199 e. The van der Waals surface area contributed by atoms with Crippen molar-refractivity contribution in [3.63, 3.8) is 0 Å². The lowest BCUT2D eigenvalue weighted by Crippen LogP contribution is -2.01. The van der Waals surface area contributed by atoms with Crippen LogP contribution in [0.3, 0.4) is 0 Å². The highest BCUT2D eigenvalue weighted by Gasteiger charge is 2.19. The summed E-state index contributed by atoms with van der Waals surface area (Å²) in [4.78, 5) is 14.0. The maximum Gasteiger partial charge on any atom is 0.199 e. The summed E-state index contributed by atoms with van der Waals surface area (Å²) in [6.45, 7) is 0. The van der Waals surface area contributed by atoms with Crippen LogP contribution < -0.4 is 0 Å². The fraction of sp³-hybridized carbons (Fsp3) is 0. The fourth-order valence-corrected chi connectivity index (χ4v) is 3.33. The molecule has 130 valence electrons. The molecule has 27 heavy (non-hydrogen) atoms. The molecule has 6 heteroatoms. The summed E-state index contributed by atoms with van der Waals surface area (Å²) in [5, 5.41) is 0.575. The first-order valence-electron chi connectivity index (χ1n) is 8.37. The first-order valence-corrected chi connectivity index (χ1v) is 8.74. The van der Waals surface area contributed by atoms with Crippen molar-refractivity contribution in [1.82, 2.24) is 19.5 Å². The van der Waals surface area contributed by atoms with Gasteiger partial charge in [-0.1, -0.05) is 48.0 Å². The van der Waals surface area contributed by atoms with E-state index in [1.165, 1.54) is 6.07 Å². The number of halogens is 2. The molecule has 0 atom stereocenters. The van der Waals surface area contributed by atoms with E-state index < -0.39 is 0 Å². The van der Waals surface area contributed by atoms with Gasteiger partial charge in [-0.3, -0.25) is 4.57 Å². The highest BCUT2D eigenvalue weighted by atomic mass is 35.5. The Hall–Kier alpha value is -3.31. The minimum atomic E-state index is -0.366. The molecule has 0 aliphatic carbocycles. The number of imidazole rings is 1. The normalized spacial score (nSPS) is 11.3. The third-order valence-electron chi connectivity index (χ3n) is 4.35. The average Bonchev–Trinajstić information content (AvgIpc) is 3.05. The number of nitrogens with zero attached hydrogens (tertiary/aromatic N) is 4. The molecular formula is C21H12ClFN4. The van der Waals surface area contributed by atoms with Crippen LogP contribution in [0, 0.1) is 5.82 Å². The lowest BCUT2D eigenvalue weighted by atomic mass is 10.2. The zero-order chi connectivity index (χ0) is 18.4. The van der Waals surface area contributed by atoms with E-state index in [4.69, 9.17) is 16.6 Å². The monoisotopic (exact) mass is 374 g/mol. The van der Waals surface area contributed by atoms with Gasteiger partial charge in [0.15, 0.2) is 11.3 Å². The molecule has 5 rings (SSSR count). The van der Waals surface area contributed by atoms with E-state index in [1.807, 2.05) is 36.4 Å². The van der Waals surface area contributed by atoms with Crippen molar-refractivity contribution in [1.29, 1.82) is 0 Å². The Morgan fingerprint density at radius 1 is 0.778 bits per heavy atom. The summed E-state index contributed by atoms with van der Waals surface area (Å²) in [7, 11) is 0. The van der Waals surface area contributed by atoms with Crippen LogP contribution in [0.5, 0.6) is 0 Å². The van der Waals surface area contributed by atoms with Crippen LogP contribution in [0.25, 0.3) is 39.4 Å². The van der Waals surface area contributed by atoms with Crippen LogP contribution in [0.2, 0.25) is 5.02 Å². The number of para-hydroxylation sites is 3. The van der Waals surface area contributed by atoms with Gasteiger partial charge in [0.25, 0.3) is 0 Å². The molecule has 0 bridgehead atoms. The summed E-state index contributed by atoms with van der Waals surface area (Å²) in [6, 6.07) is 21.4. The second-order valence-electron chi connectivity index (χ2n) is 6.09. The van der Waals surface area contributed by atoms with Gasteiger partial charge in [0, 0.05) is 10.6 Å². The molecule has 5 aromatic rings. The molecular weight excluding hydrogens is 363 g/mol. The van der Waals surface area contributed by atoms with Crippen molar-refractivity contribution in [2.45, 2.75) is 0 Å². The summed E-state index contributed by atoms with van der Waals surface area (Å²) in [6.07, 6.45) is 0. The summed E-state index contributed by atoms with van der Waals surface area (Å²) in [5.41, 5.74) is 3.52. The van der Waals surface area contributed by atoms with E-state index in [-0.39, 0.29) is 5.82 Å². The zero-order valence-electron chi connectivity index (χ0n) is 14.0. The molecule has 0 spiro atoms. The van der Waals surface area contributed by atoms with Gasteiger partial charge in [0.05, 0.1) is 16.7 Å². The van der Waals surface area contributed by atoms with E-state index in [0.717, 1.165) is 16.6 Å². The maximum atomic E-state index is 14.6. The topological polar surface area (TPSA) is 43.6 Å². The first-order chi connectivity index (χ1) is 13.2. The molecule has 0 saturated heterocycles. The Kier molecular flexibility index (Phi) is 3.62. The van der Waals surface area contributed by atoms with Gasteiger partial charge in [-0.25, -0.2) is 19.3 Å². The number of fused-ring (bicyclic) bond motifs is 2. The van der Waals surface area contributed by atoms with E-state index in [0.29, 0.717) is 27.8 Å². The van der Waals surface area contributed by atoms with E-state index in [2.05, 4.69) is 9.97 Å². The van der Waals surface area contributed by atoms with Crippen molar-refractivity contribution >= 4 is 33.9 Å². The van der Waals surface area contributed by atoms with E-state index in [1.54, 1.807) is 34.9 Å². The molecule has 2 heterocycles. The molecule has 0 aliphatic rings. The van der Waals surface area contributed by atoms with Crippen LogP contribution in [0.15, 0.2) is 72.8 Å².